The Morgan fingerprint density at radius 1 is 0.800 bits per heavy atom. The second-order valence-electron chi connectivity index (χ2n) is 5.62. The van der Waals surface area contributed by atoms with Crippen molar-refractivity contribution in [3.63, 3.8) is 0 Å². The van der Waals surface area contributed by atoms with Gasteiger partial charge in [0.05, 0.1) is 0 Å². The number of fused-ring (bicyclic) bond motifs is 2. The Morgan fingerprint density at radius 2 is 1.25 bits per heavy atom. The van der Waals surface area contributed by atoms with Crippen molar-refractivity contribution in [2.75, 3.05) is 0 Å². The van der Waals surface area contributed by atoms with E-state index in [1.807, 2.05) is 19.9 Å². The third kappa shape index (κ3) is 2.42. The van der Waals surface area contributed by atoms with Gasteiger partial charge in [-0.1, -0.05) is 24.3 Å². The average Bonchev–Trinajstić information content (AvgIpc) is 2.84. The maximum atomic E-state index is 5.84. The molecule has 1 aromatic carbocycles. The Hall–Kier alpha value is -2.22. The van der Waals surface area contributed by atoms with Gasteiger partial charge in [0.25, 0.3) is 0 Å². The van der Waals surface area contributed by atoms with Crippen LogP contribution in [0.15, 0.2) is 57.4 Å². The minimum absolute atomic E-state index is 0.775. The van der Waals surface area contributed by atoms with Crippen molar-refractivity contribution in [1.29, 1.82) is 0 Å². The molecule has 0 aliphatic heterocycles. The number of allylic oxidation sites excluding steroid dienone is 2. The highest BCUT2D eigenvalue weighted by molar-refractivity contribution is 5.93. The lowest BCUT2D eigenvalue weighted by molar-refractivity contribution is 0.552. The van der Waals surface area contributed by atoms with Crippen molar-refractivity contribution in [2.24, 2.45) is 0 Å². The molecule has 2 nitrogen and oxygen atoms in total. The molecular formula is C18H18O2. The molecule has 0 saturated carbocycles. The summed E-state index contributed by atoms with van der Waals surface area (Å²) >= 11 is 0. The predicted molar refractivity (Wildman–Crippen MR) is 83.0 cm³/mol. The van der Waals surface area contributed by atoms with Gasteiger partial charge in [0.15, 0.2) is 0 Å². The van der Waals surface area contributed by atoms with E-state index in [9.17, 15) is 0 Å². The van der Waals surface area contributed by atoms with Crippen molar-refractivity contribution in [1.82, 2.24) is 0 Å². The third-order valence-electron chi connectivity index (χ3n) is 3.21. The highest BCUT2D eigenvalue weighted by Gasteiger charge is 2.09. The van der Waals surface area contributed by atoms with Gasteiger partial charge in [-0.2, -0.15) is 0 Å². The summed E-state index contributed by atoms with van der Waals surface area (Å²) in [5.41, 5.74) is 3.92. The van der Waals surface area contributed by atoms with E-state index >= 15 is 0 Å². The molecule has 0 aliphatic carbocycles. The summed E-state index contributed by atoms with van der Waals surface area (Å²) in [5, 5.41) is 2.22. The molecule has 0 amide bonds. The van der Waals surface area contributed by atoms with Crippen LogP contribution in [0.5, 0.6) is 0 Å². The number of rotatable bonds is 4. The van der Waals surface area contributed by atoms with E-state index in [0.29, 0.717) is 0 Å². The zero-order valence-corrected chi connectivity index (χ0v) is 12.0. The molecule has 0 atom stereocenters. The van der Waals surface area contributed by atoms with Gasteiger partial charge in [-0.25, -0.2) is 0 Å². The lowest BCUT2D eigenvalue weighted by Gasteiger charge is -1.93. The Balaban J connectivity index is 2.05. The summed E-state index contributed by atoms with van der Waals surface area (Å²) in [7, 11) is 0. The Morgan fingerprint density at radius 3 is 1.65 bits per heavy atom. The fourth-order valence-corrected chi connectivity index (χ4v) is 2.46. The molecule has 0 saturated heterocycles. The van der Waals surface area contributed by atoms with Crippen molar-refractivity contribution in [3.05, 3.63) is 60.1 Å². The smallest absolute Gasteiger partial charge is 0.138 e. The maximum absolute atomic E-state index is 5.84. The van der Waals surface area contributed by atoms with Crippen LogP contribution >= 0.6 is 0 Å². The molecule has 2 aromatic heterocycles. The fraction of sp³-hybridized carbons (Fsp3) is 0.222. The van der Waals surface area contributed by atoms with Gasteiger partial charge >= 0.3 is 0 Å². The second-order valence-corrected chi connectivity index (χ2v) is 5.62. The van der Waals surface area contributed by atoms with Crippen molar-refractivity contribution >= 4 is 21.9 Å². The Labute approximate surface area is 118 Å². The molecule has 0 N–H and O–H groups in total. The lowest BCUT2D eigenvalue weighted by atomic mass is 10.1. The van der Waals surface area contributed by atoms with Gasteiger partial charge < -0.3 is 8.83 Å². The van der Waals surface area contributed by atoms with E-state index in [2.05, 4.69) is 31.4 Å². The van der Waals surface area contributed by atoms with E-state index in [1.54, 1.807) is 0 Å². The topological polar surface area (TPSA) is 26.3 Å². The van der Waals surface area contributed by atoms with E-state index in [0.717, 1.165) is 57.4 Å². The fourth-order valence-electron chi connectivity index (χ4n) is 2.46. The van der Waals surface area contributed by atoms with Crippen LogP contribution in [0.4, 0.5) is 0 Å². The highest BCUT2D eigenvalue weighted by Crippen LogP contribution is 2.29. The monoisotopic (exact) mass is 266 g/mol. The SMILES string of the molecule is C=C(C)Cc1cc2cc3cc(CC(=C)C)oc3cc2o1. The number of benzene rings is 1. The summed E-state index contributed by atoms with van der Waals surface area (Å²) < 4.78 is 11.7. The second kappa shape index (κ2) is 4.71. The van der Waals surface area contributed by atoms with Gasteiger partial charge in [-0.3, -0.25) is 0 Å². The first-order valence-corrected chi connectivity index (χ1v) is 6.75. The lowest BCUT2D eigenvalue weighted by Crippen LogP contribution is -1.79. The summed E-state index contributed by atoms with van der Waals surface area (Å²) in [6, 6.07) is 8.24. The summed E-state index contributed by atoms with van der Waals surface area (Å²) in [5.74, 6) is 1.89. The summed E-state index contributed by atoms with van der Waals surface area (Å²) in [6.07, 6.45) is 1.55. The predicted octanol–water partition coefficient (Wildman–Crippen LogP) is 5.42. The van der Waals surface area contributed by atoms with Crippen molar-refractivity contribution in [3.8, 4) is 0 Å². The van der Waals surface area contributed by atoms with Crippen molar-refractivity contribution in [2.45, 2.75) is 26.7 Å². The molecule has 0 spiro atoms. The largest absolute Gasteiger partial charge is 0.461 e. The summed E-state index contributed by atoms with van der Waals surface area (Å²) in [6.45, 7) is 11.8. The number of hydrogen-bond acceptors (Lipinski definition) is 2. The van der Waals surface area contributed by atoms with Crippen LogP contribution in [0.2, 0.25) is 0 Å². The molecule has 0 radical (unpaired) electrons. The summed E-state index contributed by atoms with van der Waals surface area (Å²) in [4.78, 5) is 0. The van der Waals surface area contributed by atoms with Crippen LogP contribution in [-0.4, -0.2) is 0 Å². The first-order valence-electron chi connectivity index (χ1n) is 6.75. The molecule has 3 rings (SSSR count). The molecule has 102 valence electrons. The maximum Gasteiger partial charge on any atom is 0.138 e. The molecule has 0 fully saturated rings. The van der Waals surface area contributed by atoms with Gasteiger partial charge in [0.1, 0.15) is 22.7 Å². The van der Waals surface area contributed by atoms with Crippen LogP contribution < -0.4 is 0 Å². The van der Waals surface area contributed by atoms with E-state index in [1.165, 1.54) is 0 Å². The Kier molecular flexibility index (Phi) is 3.01. The molecular weight excluding hydrogens is 248 g/mol. The standard InChI is InChI=1S/C18H18O2/c1-11(2)5-15-8-13-7-14-9-16(6-12(3)4)20-18(14)10-17(13)19-15/h7-10H,1,3,5-6H2,2,4H3. The molecule has 2 heteroatoms. The van der Waals surface area contributed by atoms with Gasteiger partial charge in [0, 0.05) is 29.7 Å². The molecule has 3 aromatic rings. The van der Waals surface area contributed by atoms with E-state index in [-0.39, 0.29) is 0 Å². The molecule has 0 unspecified atom stereocenters. The van der Waals surface area contributed by atoms with Crippen LogP contribution in [0.25, 0.3) is 21.9 Å². The molecule has 20 heavy (non-hydrogen) atoms. The zero-order chi connectivity index (χ0) is 14.3. The molecule has 0 bridgehead atoms. The van der Waals surface area contributed by atoms with Crippen molar-refractivity contribution < 1.29 is 8.83 Å². The minimum atomic E-state index is 0.775. The first kappa shape index (κ1) is 12.8. The van der Waals surface area contributed by atoms with Crippen LogP contribution in [0.3, 0.4) is 0 Å². The highest BCUT2D eigenvalue weighted by atomic mass is 16.3. The Bertz CT molecular complexity index is 698. The van der Waals surface area contributed by atoms with Crippen LogP contribution in [-0.2, 0) is 12.8 Å². The average molecular weight is 266 g/mol. The normalized spacial score (nSPS) is 11.3. The third-order valence-corrected chi connectivity index (χ3v) is 3.21. The van der Waals surface area contributed by atoms with Crippen LogP contribution in [0, 0.1) is 0 Å². The molecule has 2 heterocycles. The van der Waals surface area contributed by atoms with E-state index in [4.69, 9.17) is 8.83 Å². The molecule has 0 aliphatic rings. The number of furan rings is 2. The minimum Gasteiger partial charge on any atom is -0.461 e. The van der Waals surface area contributed by atoms with Gasteiger partial charge in [0.2, 0.25) is 0 Å². The zero-order valence-electron chi connectivity index (χ0n) is 12.0. The van der Waals surface area contributed by atoms with E-state index < -0.39 is 0 Å². The quantitative estimate of drug-likeness (QED) is 0.590. The first-order chi connectivity index (χ1) is 9.51. The van der Waals surface area contributed by atoms with Gasteiger partial charge in [-0.05, 0) is 32.0 Å². The number of hydrogen-bond donors (Lipinski definition) is 0. The van der Waals surface area contributed by atoms with Gasteiger partial charge in [-0.15, -0.1) is 0 Å². The van der Waals surface area contributed by atoms with Crippen LogP contribution in [0.1, 0.15) is 25.4 Å².